The van der Waals surface area contributed by atoms with Crippen LogP contribution in [0, 0.1) is 5.41 Å². The monoisotopic (exact) mass is 306 g/mol. The van der Waals surface area contributed by atoms with Crippen molar-refractivity contribution in [3.63, 3.8) is 0 Å². The molecule has 3 nitrogen and oxygen atoms in total. The smallest absolute Gasteiger partial charge is 0.234 e. The molecule has 1 atom stereocenters. The summed E-state index contributed by atoms with van der Waals surface area (Å²) in [7, 11) is 0. The van der Waals surface area contributed by atoms with Crippen LogP contribution in [-0.2, 0) is 4.79 Å². The summed E-state index contributed by atoms with van der Waals surface area (Å²) in [6.07, 6.45) is 0.866. The van der Waals surface area contributed by atoms with Crippen molar-refractivity contribution in [1.82, 2.24) is 5.32 Å². The van der Waals surface area contributed by atoms with E-state index in [9.17, 15) is 4.79 Å². The van der Waals surface area contributed by atoms with E-state index in [1.165, 1.54) is 0 Å². The number of hydrogen-bond acceptors (Lipinski definition) is 2. The molecular weight excluding hydrogens is 280 g/mol. The lowest BCUT2D eigenvalue weighted by molar-refractivity contribution is -0.123. The Morgan fingerprint density at radius 3 is 2.14 bits per heavy atom. The van der Waals surface area contributed by atoms with Gasteiger partial charge in [0.25, 0.3) is 0 Å². The van der Waals surface area contributed by atoms with Crippen LogP contribution in [0.3, 0.4) is 0 Å². The average molecular weight is 306 g/mol. The highest BCUT2D eigenvalue weighted by Gasteiger charge is 2.31. The number of hydrogen-bond donors (Lipinski definition) is 2. The van der Waals surface area contributed by atoms with Gasteiger partial charge in [-0.1, -0.05) is 63.3 Å². The first kappa shape index (κ1) is 17.6. The lowest BCUT2D eigenvalue weighted by atomic mass is 9.81. The first-order valence-electron chi connectivity index (χ1n) is 7.18. The molecule has 0 saturated carbocycles. The van der Waals surface area contributed by atoms with Crippen molar-refractivity contribution in [3.8, 4) is 0 Å². The number of nitrogens with two attached hydrogens (primary N) is 1. The maximum atomic E-state index is 12.6. The van der Waals surface area contributed by atoms with Gasteiger partial charge >= 0.3 is 0 Å². The second kappa shape index (κ2) is 6.56. The molecule has 0 heterocycles. The third-order valence-electron chi connectivity index (χ3n) is 3.11. The molecule has 1 amide bonds. The van der Waals surface area contributed by atoms with Crippen LogP contribution >= 0.6 is 12.2 Å². The minimum Gasteiger partial charge on any atom is -0.392 e. The third kappa shape index (κ3) is 5.84. The van der Waals surface area contributed by atoms with Gasteiger partial charge in [-0.2, -0.15) is 0 Å². The second-order valence-corrected chi connectivity index (χ2v) is 7.83. The number of amides is 1. The maximum Gasteiger partial charge on any atom is 0.234 e. The lowest BCUT2D eigenvalue weighted by Gasteiger charge is -2.34. The van der Waals surface area contributed by atoms with Crippen molar-refractivity contribution in [2.24, 2.45) is 11.1 Å². The van der Waals surface area contributed by atoms with Crippen LogP contribution in [0.25, 0.3) is 0 Å². The van der Waals surface area contributed by atoms with Crippen LogP contribution in [0.1, 0.15) is 52.5 Å². The third-order valence-corrected chi connectivity index (χ3v) is 3.35. The summed E-state index contributed by atoms with van der Waals surface area (Å²) < 4.78 is 0. The van der Waals surface area contributed by atoms with Crippen molar-refractivity contribution in [1.29, 1.82) is 0 Å². The molecule has 1 aromatic rings. The summed E-state index contributed by atoms with van der Waals surface area (Å²) >= 11 is 5.09. The van der Waals surface area contributed by atoms with E-state index in [-0.39, 0.29) is 21.8 Å². The topological polar surface area (TPSA) is 55.1 Å². The highest BCUT2D eigenvalue weighted by atomic mass is 32.1. The summed E-state index contributed by atoms with van der Waals surface area (Å²) in [5.74, 6) is -0.719. The van der Waals surface area contributed by atoms with Gasteiger partial charge in [0.2, 0.25) is 5.91 Å². The Hall–Kier alpha value is -1.42. The van der Waals surface area contributed by atoms with Gasteiger partial charge in [-0.3, -0.25) is 4.79 Å². The van der Waals surface area contributed by atoms with E-state index in [1.54, 1.807) is 0 Å². The second-order valence-electron chi connectivity index (χ2n) is 7.36. The van der Waals surface area contributed by atoms with Gasteiger partial charge in [0.05, 0.1) is 4.99 Å². The van der Waals surface area contributed by atoms with E-state index in [0.717, 1.165) is 12.0 Å². The van der Waals surface area contributed by atoms with Crippen LogP contribution in [-0.4, -0.2) is 16.4 Å². The summed E-state index contributed by atoms with van der Waals surface area (Å²) in [4.78, 5) is 12.8. The predicted octanol–water partition coefficient (Wildman–Crippen LogP) is 3.39. The van der Waals surface area contributed by atoms with E-state index >= 15 is 0 Å². The Kier molecular flexibility index (Phi) is 5.51. The number of carbonyl (C=O) groups excluding carboxylic acids is 1. The van der Waals surface area contributed by atoms with Gasteiger partial charge < -0.3 is 11.1 Å². The van der Waals surface area contributed by atoms with Crippen molar-refractivity contribution in [2.45, 2.75) is 52.5 Å². The summed E-state index contributed by atoms with van der Waals surface area (Å²) in [5.41, 5.74) is 6.43. The fourth-order valence-electron chi connectivity index (χ4n) is 2.87. The standard InChI is InChI=1S/C17H26N2OS/c1-16(2,3)11-17(4,5)19-15(20)13(14(18)21)12-9-7-6-8-10-12/h6-10,13H,11H2,1-5H3,(H2,18,21)(H,19,20). The highest BCUT2D eigenvalue weighted by molar-refractivity contribution is 7.80. The number of thiocarbonyl (C=S) groups is 1. The zero-order valence-corrected chi connectivity index (χ0v) is 14.4. The predicted molar refractivity (Wildman–Crippen MR) is 92.3 cm³/mol. The maximum absolute atomic E-state index is 12.6. The first-order valence-corrected chi connectivity index (χ1v) is 7.59. The molecule has 1 unspecified atom stereocenters. The quantitative estimate of drug-likeness (QED) is 0.820. The Balaban J connectivity index is 2.91. The number of benzene rings is 1. The molecule has 0 aliphatic carbocycles. The van der Waals surface area contributed by atoms with E-state index in [2.05, 4.69) is 26.1 Å². The molecule has 0 aliphatic rings. The van der Waals surface area contributed by atoms with Gasteiger partial charge in [-0.25, -0.2) is 0 Å². The molecule has 0 bridgehead atoms. The van der Waals surface area contributed by atoms with Crippen molar-refractivity contribution in [3.05, 3.63) is 35.9 Å². The van der Waals surface area contributed by atoms with Crippen LogP contribution < -0.4 is 11.1 Å². The zero-order valence-electron chi connectivity index (χ0n) is 13.6. The van der Waals surface area contributed by atoms with Gasteiger partial charge in [-0.05, 0) is 31.2 Å². The molecule has 1 aromatic carbocycles. The number of nitrogens with one attached hydrogen (secondary N) is 1. The fraction of sp³-hybridized carbons (Fsp3) is 0.529. The largest absolute Gasteiger partial charge is 0.392 e. The highest BCUT2D eigenvalue weighted by Crippen LogP contribution is 2.27. The molecular formula is C17H26N2OS. The summed E-state index contributed by atoms with van der Waals surface area (Å²) in [5, 5.41) is 3.09. The van der Waals surface area contributed by atoms with Crippen molar-refractivity contribution >= 4 is 23.1 Å². The molecule has 4 heteroatoms. The van der Waals surface area contributed by atoms with E-state index < -0.39 is 5.92 Å². The van der Waals surface area contributed by atoms with E-state index in [0.29, 0.717) is 0 Å². The number of carbonyl (C=O) groups is 1. The number of rotatable bonds is 5. The van der Waals surface area contributed by atoms with Gasteiger partial charge in [0.1, 0.15) is 5.92 Å². The van der Waals surface area contributed by atoms with Crippen LogP contribution in [0.2, 0.25) is 0 Å². The Labute approximate surface area is 133 Å². The van der Waals surface area contributed by atoms with Gasteiger partial charge in [0.15, 0.2) is 0 Å². The van der Waals surface area contributed by atoms with E-state index in [1.807, 2.05) is 44.2 Å². The minimum absolute atomic E-state index is 0.127. The van der Waals surface area contributed by atoms with Crippen molar-refractivity contribution in [2.75, 3.05) is 0 Å². The molecule has 116 valence electrons. The molecule has 3 N–H and O–H groups in total. The normalized spacial score (nSPS) is 13.6. The molecule has 0 saturated heterocycles. The Morgan fingerprint density at radius 1 is 1.19 bits per heavy atom. The van der Waals surface area contributed by atoms with Gasteiger partial charge in [-0.15, -0.1) is 0 Å². The lowest BCUT2D eigenvalue weighted by Crippen LogP contribution is -2.49. The fourth-order valence-corrected chi connectivity index (χ4v) is 3.11. The molecule has 0 aromatic heterocycles. The molecule has 0 aliphatic heterocycles. The Morgan fingerprint density at radius 2 is 1.71 bits per heavy atom. The van der Waals surface area contributed by atoms with Crippen LogP contribution in [0.15, 0.2) is 30.3 Å². The molecule has 21 heavy (non-hydrogen) atoms. The summed E-state index contributed by atoms with van der Waals surface area (Å²) in [6, 6.07) is 9.42. The van der Waals surface area contributed by atoms with Crippen LogP contribution in [0.5, 0.6) is 0 Å². The van der Waals surface area contributed by atoms with Crippen LogP contribution in [0.4, 0.5) is 0 Å². The SMILES string of the molecule is CC(C)(C)CC(C)(C)NC(=O)C(C(N)=S)c1ccccc1. The summed E-state index contributed by atoms with van der Waals surface area (Å²) in [6.45, 7) is 10.5. The average Bonchev–Trinajstić information content (AvgIpc) is 2.25. The molecule has 1 rings (SSSR count). The minimum atomic E-state index is -0.583. The first-order chi connectivity index (χ1) is 9.52. The van der Waals surface area contributed by atoms with E-state index in [4.69, 9.17) is 18.0 Å². The van der Waals surface area contributed by atoms with Crippen molar-refractivity contribution < 1.29 is 4.79 Å². The molecule has 0 fully saturated rings. The zero-order chi connectivity index (χ0) is 16.3. The van der Waals surface area contributed by atoms with Gasteiger partial charge in [0, 0.05) is 5.54 Å². The molecule has 0 spiro atoms. The molecule has 0 radical (unpaired) electrons. The Bertz CT molecular complexity index is 503.